The van der Waals surface area contributed by atoms with Crippen molar-refractivity contribution in [1.82, 2.24) is 19.8 Å². The van der Waals surface area contributed by atoms with Gasteiger partial charge in [0.25, 0.3) is 11.8 Å². The number of hydrogen-bond donors (Lipinski definition) is 2. The van der Waals surface area contributed by atoms with E-state index in [0.717, 1.165) is 0 Å². The molecule has 2 N–H and O–H groups in total. The molecule has 1 aromatic rings. The number of urea groups is 1. The zero-order valence-electron chi connectivity index (χ0n) is 13.4. The maximum Gasteiger partial charge on any atom is 0.328 e. The molecule has 0 spiro atoms. The van der Waals surface area contributed by atoms with Gasteiger partial charge in [-0.1, -0.05) is 11.6 Å². The highest BCUT2D eigenvalue weighted by Gasteiger charge is 2.31. The average molecular weight is 399 g/mol. The Labute approximate surface area is 154 Å². The van der Waals surface area contributed by atoms with Gasteiger partial charge in [-0.2, -0.15) is 4.31 Å². The molecule has 2 aliphatic rings. The van der Waals surface area contributed by atoms with Crippen molar-refractivity contribution in [2.45, 2.75) is 4.90 Å². The number of sulfonamides is 1. The third-order valence-electron chi connectivity index (χ3n) is 3.98. The Morgan fingerprint density at radius 1 is 0.923 bits per heavy atom. The second-order valence-electron chi connectivity index (χ2n) is 5.67. The van der Waals surface area contributed by atoms with E-state index in [0.29, 0.717) is 18.1 Å². The largest absolute Gasteiger partial charge is 0.374 e. The number of amides is 4. The fraction of sp³-hybridized carbons (Fsp3) is 0.267. The molecule has 9 nitrogen and oxygen atoms in total. The highest BCUT2D eigenvalue weighted by Crippen LogP contribution is 2.20. The van der Waals surface area contributed by atoms with Gasteiger partial charge in [-0.15, -0.1) is 0 Å². The van der Waals surface area contributed by atoms with Gasteiger partial charge in [-0.05, 0) is 24.3 Å². The molecule has 138 valence electrons. The number of nitrogens with one attached hydrogen (secondary N) is 2. The summed E-state index contributed by atoms with van der Waals surface area (Å²) < 4.78 is 26.6. The van der Waals surface area contributed by atoms with Crippen molar-refractivity contribution in [3.63, 3.8) is 0 Å². The molecule has 1 aromatic carbocycles. The van der Waals surface area contributed by atoms with Crippen molar-refractivity contribution in [2.75, 3.05) is 26.2 Å². The molecule has 0 aliphatic carbocycles. The Bertz CT molecular complexity index is 867. The SMILES string of the molecule is O=C1NC(=O)C(=CN2CCN(S(=O)(=O)c3ccc(Cl)cc3)CC2)C(=O)N1. The van der Waals surface area contributed by atoms with Crippen LogP contribution in [0.5, 0.6) is 0 Å². The minimum atomic E-state index is -3.64. The molecule has 11 heteroatoms. The number of barbiturate groups is 1. The summed E-state index contributed by atoms with van der Waals surface area (Å²) in [7, 11) is -3.64. The van der Waals surface area contributed by atoms with Gasteiger partial charge < -0.3 is 4.90 Å². The molecule has 26 heavy (non-hydrogen) atoms. The number of carbonyl (C=O) groups excluding carboxylic acids is 3. The normalized spacial score (nSPS) is 19.2. The van der Waals surface area contributed by atoms with E-state index >= 15 is 0 Å². The Morgan fingerprint density at radius 3 is 2.00 bits per heavy atom. The van der Waals surface area contributed by atoms with E-state index in [4.69, 9.17) is 11.6 Å². The maximum absolute atomic E-state index is 12.6. The van der Waals surface area contributed by atoms with Gasteiger partial charge in [0.2, 0.25) is 10.0 Å². The number of benzene rings is 1. The number of piperazine rings is 1. The van der Waals surface area contributed by atoms with Crippen molar-refractivity contribution in [3.8, 4) is 0 Å². The number of hydrogen-bond acceptors (Lipinski definition) is 6. The molecular weight excluding hydrogens is 384 g/mol. The smallest absolute Gasteiger partial charge is 0.328 e. The maximum atomic E-state index is 12.6. The summed E-state index contributed by atoms with van der Waals surface area (Å²) in [6, 6.07) is 5.04. The van der Waals surface area contributed by atoms with Crippen LogP contribution in [0, 0.1) is 0 Å². The molecule has 4 amide bonds. The fourth-order valence-corrected chi connectivity index (χ4v) is 4.15. The van der Waals surface area contributed by atoms with E-state index in [9.17, 15) is 22.8 Å². The topological polar surface area (TPSA) is 116 Å². The number of rotatable bonds is 3. The van der Waals surface area contributed by atoms with Crippen molar-refractivity contribution >= 4 is 39.5 Å². The summed E-state index contributed by atoms with van der Waals surface area (Å²) in [6.07, 6.45) is 1.34. The van der Waals surface area contributed by atoms with Crippen molar-refractivity contribution in [1.29, 1.82) is 0 Å². The first-order chi connectivity index (χ1) is 12.3. The van der Waals surface area contributed by atoms with Crippen LogP contribution in [0.1, 0.15) is 0 Å². The monoisotopic (exact) mass is 398 g/mol. The predicted molar refractivity (Wildman–Crippen MR) is 91.5 cm³/mol. The predicted octanol–water partition coefficient (Wildman–Crippen LogP) is -0.104. The van der Waals surface area contributed by atoms with E-state index < -0.39 is 27.9 Å². The van der Waals surface area contributed by atoms with Crippen LogP contribution in [0.25, 0.3) is 0 Å². The Balaban J connectivity index is 1.68. The van der Waals surface area contributed by atoms with Gasteiger partial charge >= 0.3 is 6.03 Å². The number of carbonyl (C=O) groups is 3. The standard InChI is InChI=1S/C15H15ClN4O5S/c16-10-1-3-11(4-2-10)26(24,25)20-7-5-19(6-8-20)9-12-13(21)17-15(23)18-14(12)22/h1-4,9H,5-8H2,(H2,17,18,21,22,23). The van der Waals surface area contributed by atoms with Crippen LogP contribution in [0.2, 0.25) is 5.02 Å². The third-order valence-corrected chi connectivity index (χ3v) is 6.14. The lowest BCUT2D eigenvalue weighted by molar-refractivity contribution is -0.124. The average Bonchev–Trinajstić information content (AvgIpc) is 2.59. The quantitative estimate of drug-likeness (QED) is 0.542. The molecular formula is C15H15ClN4O5S. The molecule has 0 unspecified atom stereocenters. The van der Waals surface area contributed by atoms with Crippen LogP contribution in [0.15, 0.2) is 40.9 Å². The first kappa shape index (κ1) is 18.4. The minimum absolute atomic E-state index is 0.151. The molecule has 3 rings (SSSR count). The number of halogens is 1. The molecule has 2 heterocycles. The Kier molecular flexibility index (Phi) is 4.99. The lowest BCUT2D eigenvalue weighted by Gasteiger charge is -2.33. The lowest BCUT2D eigenvalue weighted by Crippen LogP contribution is -2.52. The van der Waals surface area contributed by atoms with E-state index in [1.54, 1.807) is 4.90 Å². The number of imide groups is 2. The number of nitrogens with zero attached hydrogens (tertiary/aromatic N) is 2. The minimum Gasteiger partial charge on any atom is -0.374 e. The van der Waals surface area contributed by atoms with Crippen molar-refractivity contribution in [2.24, 2.45) is 0 Å². The molecule has 0 bridgehead atoms. The molecule has 0 radical (unpaired) electrons. The first-order valence-electron chi connectivity index (χ1n) is 7.65. The van der Waals surface area contributed by atoms with E-state index in [1.807, 2.05) is 10.6 Å². The van der Waals surface area contributed by atoms with Crippen LogP contribution in [-0.4, -0.2) is 61.6 Å². The zero-order valence-corrected chi connectivity index (χ0v) is 15.0. The van der Waals surface area contributed by atoms with Gasteiger partial charge in [-0.3, -0.25) is 20.2 Å². The summed E-state index contributed by atoms with van der Waals surface area (Å²) in [4.78, 5) is 36.3. The summed E-state index contributed by atoms with van der Waals surface area (Å²) in [5.74, 6) is -1.56. The Hall–Kier alpha value is -2.43. The van der Waals surface area contributed by atoms with Crippen molar-refractivity contribution < 1.29 is 22.8 Å². The van der Waals surface area contributed by atoms with Gasteiger partial charge in [0, 0.05) is 37.4 Å². The summed E-state index contributed by atoms with van der Waals surface area (Å²) >= 11 is 5.78. The second kappa shape index (κ2) is 7.06. The molecule has 2 fully saturated rings. The summed E-state index contributed by atoms with van der Waals surface area (Å²) in [5.41, 5.74) is -0.196. The summed E-state index contributed by atoms with van der Waals surface area (Å²) in [6.45, 7) is 0.976. The molecule has 0 aromatic heterocycles. The lowest BCUT2D eigenvalue weighted by atomic mass is 10.2. The van der Waals surface area contributed by atoms with E-state index in [1.165, 1.54) is 34.8 Å². The zero-order chi connectivity index (χ0) is 18.9. The van der Waals surface area contributed by atoms with Gasteiger partial charge in [0.05, 0.1) is 4.90 Å². The first-order valence-corrected chi connectivity index (χ1v) is 9.47. The van der Waals surface area contributed by atoms with Crippen LogP contribution in [-0.2, 0) is 19.6 Å². The molecule has 2 saturated heterocycles. The van der Waals surface area contributed by atoms with Gasteiger partial charge in [-0.25, -0.2) is 13.2 Å². The van der Waals surface area contributed by atoms with Gasteiger partial charge in [0.1, 0.15) is 5.57 Å². The van der Waals surface area contributed by atoms with E-state index in [-0.39, 0.29) is 23.6 Å². The highest BCUT2D eigenvalue weighted by molar-refractivity contribution is 7.89. The fourth-order valence-electron chi connectivity index (χ4n) is 2.60. The van der Waals surface area contributed by atoms with Gasteiger partial charge in [0.15, 0.2) is 0 Å². The second-order valence-corrected chi connectivity index (χ2v) is 8.05. The molecule has 2 aliphatic heterocycles. The van der Waals surface area contributed by atoms with Crippen LogP contribution >= 0.6 is 11.6 Å². The third kappa shape index (κ3) is 3.71. The van der Waals surface area contributed by atoms with E-state index in [2.05, 4.69) is 0 Å². The molecule has 0 atom stereocenters. The van der Waals surface area contributed by atoms with Crippen LogP contribution < -0.4 is 10.6 Å². The van der Waals surface area contributed by atoms with Crippen LogP contribution in [0.4, 0.5) is 4.79 Å². The summed E-state index contributed by atoms with van der Waals surface area (Å²) in [5, 5.41) is 4.42. The highest BCUT2D eigenvalue weighted by atomic mass is 35.5. The Morgan fingerprint density at radius 2 is 1.46 bits per heavy atom. The van der Waals surface area contributed by atoms with Crippen molar-refractivity contribution in [3.05, 3.63) is 41.1 Å². The molecule has 0 saturated carbocycles. The van der Waals surface area contributed by atoms with Crippen LogP contribution in [0.3, 0.4) is 0 Å².